The summed E-state index contributed by atoms with van der Waals surface area (Å²) >= 11 is 0. The van der Waals surface area contributed by atoms with Gasteiger partial charge < -0.3 is 15.2 Å². The molecular weight excluding hydrogens is 242 g/mol. The first-order valence-electron chi connectivity index (χ1n) is 6.89. The van der Waals surface area contributed by atoms with Crippen LogP contribution in [0.1, 0.15) is 30.1 Å². The molecule has 5 nitrogen and oxygen atoms in total. The molecule has 1 fully saturated rings. The highest BCUT2D eigenvalue weighted by molar-refractivity contribution is 5.93. The van der Waals surface area contributed by atoms with E-state index in [0.29, 0.717) is 5.92 Å². The van der Waals surface area contributed by atoms with Crippen molar-refractivity contribution in [3.8, 4) is 0 Å². The lowest BCUT2D eigenvalue weighted by Gasteiger charge is -2.32. The minimum atomic E-state index is -0.210. The van der Waals surface area contributed by atoms with E-state index in [1.165, 1.54) is 12.3 Å². The van der Waals surface area contributed by atoms with Gasteiger partial charge in [-0.1, -0.05) is 6.92 Å². The lowest BCUT2D eigenvalue weighted by molar-refractivity contribution is 0.0688. The predicted molar refractivity (Wildman–Crippen MR) is 74.2 cm³/mol. The number of carbonyl (C=O) groups excluding carboxylic acids is 1. The highest BCUT2D eigenvalue weighted by Gasteiger charge is 2.24. The molecule has 0 bridgehead atoms. The molecule has 0 spiro atoms. The molecule has 0 aromatic carbocycles. The first-order chi connectivity index (χ1) is 9.22. The third-order valence-corrected chi connectivity index (χ3v) is 3.64. The summed E-state index contributed by atoms with van der Waals surface area (Å²) in [6.07, 6.45) is 5.05. The SMILES string of the molecule is CCNCC1CCN(C(=O)c2c[nH]ccc2=O)CC1. The molecule has 0 saturated carbocycles. The van der Waals surface area contributed by atoms with Crippen molar-refractivity contribution in [3.05, 3.63) is 34.2 Å². The minimum Gasteiger partial charge on any atom is -0.367 e. The number of H-pyrrole nitrogens is 1. The molecule has 0 atom stereocenters. The van der Waals surface area contributed by atoms with Crippen LogP contribution in [0.25, 0.3) is 0 Å². The van der Waals surface area contributed by atoms with Crippen molar-refractivity contribution < 1.29 is 4.79 Å². The summed E-state index contributed by atoms with van der Waals surface area (Å²) in [7, 11) is 0. The second-order valence-electron chi connectivity index (χ2n) is 4.97. The molecule has 1 aliphatic rings. The van der Waals surface area contributed by atoms with Gasteiger partial charge in [0, 0.05) is 31.5 Å². The summed E-state index contributed by atoms with van der Waals surface area (Å²) in [6.45, 7) is 5.58. The van der Waals surface area contributed by atoms with Crippen LogP contribution in [0.15, 0.2) is 23.3 Å². The Labute approximate surface area is 113 Å². The second kappa shape index (κ2) is 6.52. The molecule has 2 rings (SSSR count). The van der Waals surface area contributed by atoms with Crippen molar-refractivity contribution >= 4 is 5.91 Å². The first-order valence-corrected chi connectivity index (χ1v) is 6.89. The number of rotatable bonds is 4. The molecule has 1 amide bonds. The zero-order valence-electron chi connectivity index (χ0n) is 11.3. The van der Waals surface area contributed by atoms with Crippen molar-refractivity contribution in [2.75, 3.05) is 26.2 Å². The topological polar surface area (TPSA) is 65.2 Å². The highest BCUT2D eigenvalue weighted by atomic mass is 16.2. The van der Waals surface area contributed by atoms with Gasteiger partial charge in [0.05, 0.1) is 0 Å². The average molecular weight is 263 g/mol. The van der Waals surface area contributed by atoms with Gasteiger partial charge in [-0.2, -0.15) is 0 Å². The lowest BCUT2D eigenvalue weighted by Crippen LogP contribution is -2.42. The maximum atomic E-state index is 12.2. The zero-order chi connectivity index (χ0) is 13.7. The number of hydrogen-bond acceptors (Lipinski definition) is 3. The number of aromatic amines is 1. The van der Waals surface area contributed by atoms with E-state index in [1.807, 2.05) is 0 Å². The van der Waals surface area contributed by atoms with Gasteiger partial charge in [0.1, 0.15) is 5.56 Å². The van der Waals surface area contributed by atoms with Crippen LogP contribution in [0.2, 0.25) is 0 Å². The summed E-state index contributed by atoms with van der Waals surface area (Å²) in [5.74, 6) is 0.488. The van der Waals surface area contributed by atoms with Gasteiger partial charge in [0.15, 0.2) is 5.43 Å². The number of piperidine rings is 1. The highest BCUT2D eigenvalue weighted by Crippen LogP contribution is 2.17. The van der Waals surface area contributed by atoms with Crippen molar-refractivity contribution in [2.45, 2.75) is 19.8 Å². The maximum Gasteiger partial charge on any atom is 0.259 e. The van der Waals surface area contributed by atoms with Crippen molar-refractivity contribution in [2.24, 2.45) is 5.92 Å². The summed E-state index contributed by atoms with van der Waals surface area (Å²) in [6, 6.07) is 1.39. The zero-order valence-corrected chi connectivity index (χ0v) is 11.3. The Hall–Kier alpha value is -1.62. The number of nitrogens with one attached hydrogen (secondary N) is 2. The standard InChI is InChI=1S/C14H21N3O2/c1-2-15-9-11-4-7-17(8-5-11)14(19)12-10-16-6-3-13(12)18/h3,6,10-11,15H,2,4-5,7-9H2,1H3,(H,16,18). The van der Waals surface area contributed by atoms with Crippen LogP contribution < -0.4 is 10.7 Å². The van der Waals surface area contributed by atoms with Crippen molar-refractivity contribution in [1.29, 1.82) is 0 Å². The van der Waals surface area contributed by atoms with E-state index in [2.05, 4.69) is 17.2 Å². The lowest BCUT2D eigenvalue weighted by atomic mass is 9.96. The normalized spacial score (nSPS) is 16.6. The summed E-state index contributed by atoms with van der Waals surface area (Å²) in [5, 5.41) is 3.34. The smallest absolute Gasteiger partial charge is 0.259 e. The molecule has 0 radical (unpaired) electrons. The number of amides is 1. The third-order valence-electron chi connectivity index (χ3n) is 3.64. The Bertz CT molecular complexity index is 476. The van der Waals surface area contributed by atoms with Crippen LogP contribution in [0.4, 0.5) is 0 Å². The van der Waals surface area contributed by atoms with E-state index < -0.39 is 0 Å². The Morgan fingerprint density at radius 2 is 2.21 bits per heavy atom. The van der Waals surface area contributed by atoms with E-state index >= 15 is 0 Å². The second-order valence-corrected chi connectivity index (χ2v) is 4.97. The Morgan fingerprint density at radius 3 is 2.84 bits per heavy atom. The number of likely N-dealkylation sites (tertiary alicyclic amines) is 1. The number of carbonyl (C=O) groups is 1. The molecule has 1 aromatic heterocycles. The summed E-state index contributed by atoms with van der Waals surface area (Å²) in [5.41, 5.74) is 0.0335. The van der Waals surface area contributed by atoms with Gasteiger partial charge in [0.25, 0.3) is 5.91 Å². The van der Waals surface area contributed by atoms with Crippen LogP contribution in [0, 0.1) is 5.92 Å². The molecule has 2 heterocycles. The number of pyridine rings is 1. The fourth-order valence-electron chi connectivity index (χ4n) is 2.44. The quantitative estimate of drug-likeness (QED) is 0.846. The Kier molecular flexibility index (Phi) is 4.74. The third kappa shape index (κ3) is 3.44. The van der Waals surface area contributed by atoms with Gasteiger partial charge in [0.2, 0.25) is 0 Å². The van der Waals surface area contributed by atoms with Gasteiger partial charge in [-0.15, -0.1) is 0 Å². The molecule has 0 unspecified atom stereocenters. The first kappa shape index (κ1) is 13.8. The molecule has 2 N–H and O–H groups in total. The number of aromatic nitrogens is 1. The molecule has 104 valence electrons. The van der Waals surface area contributed by atoms with Crippen LogP contribution in [-0.4, -0.2) is 42.0 Å². The predicted octanol–water partition coefficient (Wildman–Crippen LogP) is 0.837. The van der Waals surface area contributed by atoms with E-state index in [-0.39, 0.29) is 16.9 Å². The largest absolute Gasteiger partial charge is 0.367 e. The minimum absolute atomic E-state index is 0.149. The molecule has 0 aliphatic carbocycles. The molecule has 5 heteroatoms. The van der Waals surface area contributed by atoms with Crippen LogP contribution >= 0.6 is 0 Å². The maximum absolute atomic E-state index is 12.2. The fourth-order valence-corrected chi connectivity index (χ4v) is 2.44. The van der Waals surface area contributed by atoms with E-state index in [9.17, 15) is 9.59 Å². The summed E-state index contributed by atoms with van der Waals surface area (Å²) < 4.78 is 0. The van der Waals surface area contributed by atoms with Crippen molar-refractivity contribution in [1.82, 2.24) is 15.2 Å². The number of nitrogens with zero attached hydrogens (tertiary/aromatic N) is 1. The Morgan fingerprint density at radius 1 is 1.47 bits per heavy atom. The molecule has 1 saturated heterocycles. The Balaban J connectivity index is 1.93. The molecule has 19 heavy (non-hydrogen) atoms. The fraction of sp³-hybridized carbons (Fsp3) is 0.571. The van der Waals surface area contributed by atoms with E-state index in [4.69, 9.17) is 0 Å². The van der Waals surface area contributed by atoms with Gasteiger partial charge in [-0.05, 0) is 31.8 Å². The van der Waals surface area contributed by atoms with Crippen LogP contribution in [-0.2, 0) is 0 Å². The van der Waals surface area contributed by atoms with Gasteiger partial charge in [-0.25, -0.2) is 0 Å². The average Bonchev–Trinajstić information content (AvgIpc) is 2.45. The molecule has 1 aromatic rings. The van der Waals surface area contributed by atoms with Gasteiger partial charge in [-0.3, -0.25) is 9.59 Å². The van der Waals surface area contributed by atoms with Gasteiger partial charge >= 0.3 is 0 Å². The van der Waals surface area contributed by atoms with E-state index in [0.717, 1.165) is 39.0 Å². The number of hydrogen-bond donors (Lipinski definition) is 2. The van der Waals surface area contributed by atoms with Crippen LogP contribution in [0.5, 0.6) is 0 Å². The molecular formula is C14H21N3O2. The molecule has 1 aliphatic heterocycles. The van der Waals surface area contributed by atoms with Crippen molar-refractivity contribution in [3.63, 3.8) is 0 Å². The summed E-state index contributed by atoms with van der Waals surface area (Å²) in [4.78, 5) is 28.4. The monoisotopic (exact) mass is 263 g/mol. The van der Waals surface area contributed by atoms with E-state index in [1.54, 1.807) is 11.1 Å². The van der Waals surface area contributed by atoms with Crippen LogP contribution in [0.3, 0.4) is 0 Å².